The lowest BCUT2D eigenvalue weighted by atomic mass is 9.86. The predicted molar refractivity (Wildman–Crippen MR) is 63.9 cm³/mol. The average Bonchev–Trinajstić information content (AvgIpc) is 2.98. The molecule has 100 valence electrons. The molecule has 0 amide bonds. The molecule has 0 saturated carbocycles. The molecule has 1 N–H and O–H groups in total. The summed E-state index contributed by atoms with van der Waals surface area (Å²) in [4.78, 5) is 0. The maximum atomic E-state index is 9.58. The molecule has 3 rings (SSSR count). The Hall–Kier alpha value is -0.110. The molecule has 0 aromatic heterocycles. The van der Waals surface area contributed by atoms with E-state index in [1.807, 2.05) is 13.8 Å². The van der Waals surface area contributed by atoms with Crippen LogP contribution in [0.3, 0.4) is 0 Å². The molecule has 3 fully saturated rings. The first-order valence-electron chi connectivity index (χ1n) is 6.61. The monoisotopic (exact) mass is 256 g/mol. The van der Waals surface area contributed by atoms with Gasteiger partial charge in [-0.15, -0.1) is 0 Å². The van der Waals surface area contributed by atoms with Gasteiger partial charge in [0.1, 0.15) is 6.10 Å². The lowest BCUT2D eigenvalue weighted by Gasteiger charge is -2.41. The molecule has 0 aromatic carbocycles. The summed E-state index contributed by atoms with van der Waals surface area (Å²) in [6.45, 7) is 4.09. The van der Waals surface area contributed by atoms with Crippen molar-refractivity contribution in [3.63, 3.8) is 0 Å². The molecule has 3 saturated heterocycles. The van der Waals surface area contributed by atoms with Gasteiger partial charge < -0.3 is 28.5 Å². The van der Waals surface area contributed by atoms with Crippen molar-refractivity contribution < 1.29 is 28.5 Å². The first-order chi connectivity index (χ1) is 8.72. The number of hydrogen-bond acceptors (Lipinski definition) is 6. The molecule has 0 unspecified atom stereocenters. The Morgan fingerprint density at radius 2 is 1.94 bits per heavy atom. The number of aliphatic hydroxyl groups excluding tert-OH is 1. The third-order valence-corrected chi connectivity index (χ3v) is 3.74. The third kappa shape index (κ3) is 1.83. The van der Waals surface area contributed by atoms with Gasteiger partial charge in [-0.3, -0.25) is 0 Å². The largest absolute Gasteiger partial charge is 0.459 e. The summed E-state index contributed by atoms with van der Waals surface area (Å²) >= 11 is 0. The molecule has 0 bridgehead atoms. The Morgan fingerprint density at radius 3 is 2.61 bits per heavy atom. The number of fused-ring (bicyclic) bond motifs is 3. The molecule has 6 nitrogen and oxygen atoms in total. The van der Waals surface area contributed by atoms with Crippen molar-refractivity contribution in [1.29, 1.82) is 0 Å². The van der Waals surface area contributed by atoms with Crippen molar-refractivity contribution in [3.05, 3.63) is 0 Å². The SMILES string of the molecule is CCB1O[C@@H]2[C@@H](CO[C@@]3(CO)OB(CC)O[C@@H]23)O1. The van der Waals surface area contributed by atoms with Crippen LogP contribution in [0.15, 0.2) is 0 Å². The van der Waals surface area contributed by atoms with E-state index in [1.165, 1.54) is 0 Å². The topological polar surface area (TPSA) is 66.4 Å². The standard InChI is InChI=1S/C10H18B2O6/c1-3-11-15-7-5-14-10(6-13)9(8(7)16-11)17-12(4-2)18-10/h7-9,13H,3-6H2,1-2H3/t7-,8-,9+,10+/m1/s1. The summed E-state index contributed by atoms with van der Waals surface area (Å²) in [6, 6.07) is 0. The van der Waals surface area contributed by atoms with Crippen molar-refractivity contribution >= 4 is 14.2 Å². The minimum Gasteiger partial charge on any atom is -0.403 e. The number of ether oxygens (including phenoxy) is 1. The Morgan fingerprint density at radius 1 is 1.17 bits per heavy atom. The van der Waals surface area contributed by atoms with E-state index < -0.39 is 11.9 Å². The van der Waals surface area contributed by atoms with Crippen molar-refractivity contribution in [2.75, 3.05) is 13.2 Å². The zero-order chi connectivity index (χ0) is 12.8. The van der Waals surface area contributed by atoms with Gasteiger partial charge in [0, 0.05) is 0 Å². The van der Waals surface area contributed by atoms with Crippen LogP contribution in [0.5, 0.6) is 0 Å². The highest BCUT2D eigenvalue weighted by atomic mass is 16.8. The fourth-order valence-corrected chi connectivity index (χ4v) is 2.76. The molecule has 18 heavy (non-hydrogen) atoms. The van der Waals surface area contributed by atoms with Crippen LogP contribution in [0, 0.1) is 0 Å². The normalized spacial score (nSPS) is 43.2. The molecule has 0 aromatic rings. The van der Waals surface area contributed by atoms with Crippen molar-refractivity contribution in [3.8, 4) is 0 Å². The van der Waals surface area contributed by atoms with Gasteiger partial charge in [0.25, 0.3) is 0 Å². The van der Waals surface area contributed by atoms with Gasteiger partial charge in [-0.05, 0) is 12.6 Å². The molecule has 4 atom stereocenters. The maximum absolute atomic E-state index is 9.58. The molecule has 3 aliphatic heterocycles. The fraction of sp³-hybridized carbons (Fsp3) is 1.00. The van der Waals surface area contributed by atoms with Crippen LogP contribution in [0.25, 0.3) is 0 Å². The summed E-state index contributed by atoms with van der Waals surface area (Å²) in [5.41, 5.74) is 0. The van der Waals surface area contributed by atoms with E-state index in [4.69, 9.17) is 23.4 Å². The van der Waals surface area contributed by atoms with Gasteiger partial charge in [-0.1, -0.05) is 13.8 Å². The Kier molecular flexibility index (Phi) is 3.42. The van der Waals surface area contributed by atoms with Gasteiger partial charge in [0.05, 0.1) is 25.4 Å². The summed E-state index contributed by atoms with van der Waals surface area (Å²) in [6.07, 6.45) is 0.690. The highest BCUT2D eigenvalue weighted by Gasteiger charge is 2.62. The molecule has 0 aliphatic carbocycles. The second-order valence-corrected chi connectivity index (χ2v) is 4.91. The maximum Gasteiger partial charge on any atom is 0.459 e. The summed E-state index contributed by atoms with van der Waals surface area (Å²) < 4.78 is 28.7. The van der Waals surface area contributed by atoms with Crippen LogP contribution in [0.1, 0.15) is 13.8 Å². The first kappa shape index (κ1) is 12.9. The molecular formula is C10H18B2O6. The lowest BCUT2D eigenvalue weighted by molar-refractivity contribution is -0.270. The first-order valence-corrected chi connectivity index (χ1v) is 6.61. The zero-order valence-electron chi connectivity index (χ0n) is 10.7. The van der Waals surface area contributed by atoms with Gasteiger partial charge in [-0.25, -0.2) is 0 Å². The highest BCUT2D eigenvalue weighted by Crippen LogP contribution is 2.41. The van der Waals surface area contributed by atoms with Crippen LogP contribution in [0.4, 0.5) is 0 Å². The van der Waals surface area contributed by atoms with Crippen LogP contribution < -0.4 is 0 Å². The van der Waals surface area contributed by atoms with E-state index in [9.17, 15) is 5.11 Å². The van der Waals surface area contributed by atoms with Crippen molar-refractivity contribution in [2.45, 2.75) is 50.6 Å². The lowest BCUT2D eigenvalue weighted by Crippen LogP contribution is -2.60. The van der Waals surface area contributed by atoms with E-state index in [0.29, 0.717) is 12.9 Å². The Labute approximate surface area is 107 Å². The van der Waals surface area contributed by atoms with Crippen molar-refractivity contribution in [1.82, 2.24) is 0 Å². The van der Waals surface area contributed by atoms with Gasteiger partial charge >= 0.3 is 14.2 Å². The average molecular weight is 256 g/mol. The summed E-state index contributed by atoms with van der Waals surface area (Å²) in [7, 11) is -0.576. The van der Waals surface area contributed by atoms with E-state index in [-0.39, 0.29) is 33.1 Å². The summed E-state index contributed by atoms with van der Waals surface area (Å²) in [5, 5.41) is 9.58. The molecule has 3 aliphatic rings. The fourth-order valence-electron chi connectivity index (χ4n) is 2.76. The second-order valence-electron chi connectivity index (χ2n) is 4.91. The van der Waals surface area contributed by atoms with Crippen LogP contribution >= 0.6 is 0 Å². The quantitative estimate of drug-likeness (QED) is 0.712. The van der Waals surface area contributed by atoms with Crippen LogP contribution in [-0.4, -0.2) is 56.7 Å². The summed E-state index contributed by atoms with van der Waals surface area (Å²) in [5.74, 6) is -1.09. The van der Waals surface area contributed by atoms with E-state index in [0.717, 1.165) is 6.32 Å². The van der Waals surface area contributed by atoms with E-state index >= 15 is 0 Å². The van der Waals surface area contributed by atoms with E-state index in [2.05, 4.69) is 0 Å². The van der Waals surface area contributed by atoms with Gasteiger partial charge in [0.15, 0.2) is 0 Å². The molecule has 0 spiro atoms. The number of hydrogen-bond donors (Lipinski definition) is 1. The van der Waals surface area contributed by atoms with Crippen molar-refractivity contribution in [2.24, 2.45) is 0 Å². The van der Waals surface area contributed by atoms with Gasteiger partial charge in [0.2, 0.25) is 5.79 Å². The second kappa shape index (κ2) is 4.77. The Bertz CT molecular complexity index is 319. The highest BCUT2D eigenvalue weighted by molar-refractivity contribution is 6.46. The third-order valence-electron chi connectivity index (χ3n) is 3.74. The molecular weight excluding hydrogens is 238 g/mol. The molecule has 3 heterocycles. The van der Waals surface area contributed by atoms with Crippen LogP contribution in [0.2, 0.25) is 12.6 Å². The molecule has 0 radical (unpaired) electrons. The van der Waals surface area contributed by atoms with E-state index in [1.54, 1.807) is 0 Å². The minimum absolute atomic E-state index is 0.140. The number of rotatable bonds is 3. The minimum atomic E-state index is -1.09. The molecule has 8 heteroatoms. The zero-order valence-corrected chi connectivity index (χ0v) is 10.7. The predicted octanol–water partition coefficient (Wildman–Crippen LogP) is -0.0792. The number of aliphatic hydroxyl groups is 1. The Balaban J connectivity index is 1.81. The van der Waals surface area contributed by atoms with Crippen LogP contribution in [-0.2, 0) is 23.4 Å². The van der Waals surface area contributed by atoms with Gasteiger partial charge in [-0.2, -0.15) is 0 Å². The smallest absolute Gasteiger partial charge is 0.403 e.